The van der Waals surface area contributed by atoms with Gasteiger partial charge in [-0.2, -0.15) is 5.11 Å². The third-order valence-electron chi connectivity index (χ3n) is 3.57. The lowest BCUT2D eigenvalue weighted by atomic mass is 10.0. The molecule has 0 bridgehead atoms. The minimum Gasteiger partial charge on any atom is -0.295 e. The first-order valence-corrected chi connectivity index (χ1v) is 6.26. The summed E-state index contributed by atoms with van der Waals surface area (Å²) >= 11 is 0. The van der Waals surface area contributed by atoms with Gasteiger partial charge in [-0.1, -0.05) is 6.07 Å². The molecule has 1 atom stereocenters. The molecule has 2 aliphatic rings. The number of carbonyl (C=O) groups is 4. The maximum atomic E-state index is 12.4. The molecule has 0 aromatic heterocycles. The third-order valence-corrected chi connectivity index (χ3v) is 3.57. The normalized spacial score (nSPS) is 21.3. The number of imide groups is 2. The van der Waals surface area contributed by atoms with E-state index in [2.05, 4.69) is 10.4 Å². The molecule has 0 saturated carbocycles. The summed E-state index contributed by atoms with van der Waals surface area (Å²) in [7, 11) is 0. The van der Waals surface area contributed by atoms with Crippen molar-refractivity contribution in [3.63, 3.8) is 0 Å². The van der Waals surface area contributed by atoms with Gasteiger partial charge < -0.3 is 0 Å². The van der Waals surface area contributed by atoms with E-state index in [0.29, 0.717) is 0 Å². The second-order valence-electron chi connectivity index (χ2n) is 4.76. The highest BCUT2D eigenvalue weighted by molar-refractivity contribution is 6.25. The Bertz CT molecular complexity index is 712. The monoisotopic (exact) mass is 286 g/mol. The molecule has 1 unspecified atom stereocenters. The van der Waals surface area contributed by atoms with Crippen LogP contribution in [0.15, 0.2) is 23.3 Å². The van der Waals surface area contributed by atoms with Gasteiger partial charge in [-0.3, -0.25) is 29.4 Å². The van der Waals surface area contributed by atoms with Crippen molar-refractivity contribution in [2.24, 2.45) is 5.11 Å². The van der Waals surface area contributed by atoms with E-state index in [9.17, 15) is 19.2 Å². The Kier molecular flexibility index (Phi) is 2.86. The number of nitrogens with one attached hydrogen (secondary N) is 2. The highest BCUT2D eigenvalue weighted by Crippen LogP contribution is 2.33. The molecule has 8 heteroatoms. The number of fused-ring (bicyclic) bond motifs is 1. The standard InChI is InChI=1S/C13H10N4O4/c14-16-7-3-1-2-6-10(7)13(21)17(12(6)20)8-4-5-9(18)15-11(8)19/h1-3,8,14H,4-5H2,(H,15,18,19). The van der Waals surface area contributed by atoms with Gasteiger partial charge in [-0.25, -0.2) is 5.53 Å². The van der Waals surface area contributed by atoms with Gasteiger partial charge in [-0.05, 0) is 18.6 Å². The van der Waals surface area contributed by atoms with E-state index in [4.69, 9.17) is 5.53 Å². The first-order chi connectivity index (χ1) is 10.0. The molecule has 2 N–H and O–H groups in total. The average molecular weight is 286 g/mol. The zero-order valence-electron chi connectivity index (χ0n) is 10.8. The Morgan fingerprint density at radius 3 is 2.62 bits per heavy atom. The summed E-state index contributed by atoms with van der Waals surface area (Å²) in [6.45, 7) is 0. The quantitative estimate of drug-likeness (QED) is 0.615. The molecule has 0 aliphatic carbocycles. The zero-order valence-corrected chi connectivity index (χ0v) is 10.8. The number of amides is 4. The maximum absolute atomic E-state index is 12.4. The van der Waals surface area contributed by atoms with Crippen molar-refractivity contribution >= 4 is 29.3 Å². The highest BCUT2D eigenvalue weighted by atomic mass is 16.2. The summed E-state index contributed by atoms with van der Waals surface area (Å²) in [5.74, 6) is -2.34. The molecule has 1 fully saturated rings. The van der Waals surface area contributed by atoms with Gasteiger partial charge in [0.1, 0.15) is 6.04 Å². The van der Waals surface area contributed by atoms with Gasteiger partial charge in [0.05, 0.1) is 16.8 Å². The maximum Gasteiger partial charge on any atom is 0.264 e. The largest absolute Gasteiger partial charge is 0.295 e. The fourth-order valence-electron chi connectivity index (χ4n) is 2.59. The van der Waals surface area contributed by atoms with Gasteiger partial charge in [0.15, 0.2) is 0 Å². The van der Waals surface area contributed by atoms with Gasteiger partial charge in [-0.15, -0.1) is 0 Å². The Morgan fingerprint density at radius 2 is 1.95 bits per heavy atom. The molecule has 2 heterocycles. The summed E-state index contributed by atoms with van der Waals surface area (Å²) in [5.41, 5.74) is 7.30. The van der Waals surface area contributed by atoms with Crippen molar-refractivity contribution in [1.82, 2.24) is 10.2 Å². The third kappa shape index (κ3) is 1.83. The highest BCUT2D eigenvalue weighted by Gasteiger charge is 2.45. The SMILES string of the molecule is N=Nc1cccc2c1C(=O)N(C1CCC(=O)NC1=O)C2=O. The van der Waals surface area contributed by atoms with Crippen LogP contribution in [0.1, 0.15) is 33.6 Å². The molecule has 3 rings (SSSR count). The summed E-state index contributed by atoms with van der Waals surface area (Å²) in [6, 6.07) is 3.42. The van der Waals surface area contributed by atoms with Crippen LogP contribution in [-0.2, 0) is 9.59 Å². The van der Waals surface area contributed by atoms with E-state index in [1.165, 1.54) is 18.2 Å². The first kappa shape index (κ1) is 13.1. The minimum absolute atomic E-state index is 0.0298. The molecule has 0 spiro atoms. The van der Waals surface area contributed by atoms with E-state index in [0.717, 1.165) is 4.90 Å². The second-order valence-corrected chi connectivity index (χ2v) is 4.76. The van der Waals surface area contributed by atoms with Gasteiger partial charge in [0.25, 0.3) is 11.8 Å². The van der Waals surface area contributed by atoms with E-state index in [1.54, 1.807) is 0 Å². The predicted octanol–water partition coefficient (Wildman–Crippen LogP) is 0.750. The number of hydrogen-bond donors (Lipinski definition) is 2. The van der Waals surface area contributed by atoms with E-state index < -0.39 is 29.7 Å². The van der Waals surface area contributed by atoms with E-state index in [-0.39, 0.29) is 29.7 Å². The van der Waals surface area contributed by atoms with Crippen molar-refractivity contribution in [2.45, 2.75) is 18.9 Å². The molecule has 1 saturated heterocycles. The van der Waals surface area contributed by atoms with Crippen molar-refractivity contribution < 1.29 is 19.2 Å². The number of piperidine rings is 1. The predicted molar refractivity (Wildman–Crippen MR) is 67.9 cm³/mol. The van der Waals surface area contributed by atoms with Crippen LogP contribution in [0.5, 0.6) is 0 Å². The van der Waals surface area contributed by atoms with Crippen LogP contribution < -0.4 is 5.32 Å². The Morgan fingerprint density at radius 1 is 1.19 bits per heavy atom. The van der Waals surface area contributed by atoms with Crippen LogP contribution in [0.3, 0.4) is 0 Å². The molecule has 8 nitrogen and oxygen atoms in total. The Hall–Kier alpha value is -2.90. The van der Waals surface area contributed by atoms with Crippen LogP contribution in [0, 0.1) is 5.53 Å². The average Bonchev–Trinajstić information content (AvgIpc) is 2.72. The molecule has 4 amide bonds. The van der Waals surface area contributed by atoms with Crippen LogP contribution in [0.25, 0.3) is 0 Å². The smallest absolute Gasteiger partial charge is 0.264 e. The number of carbonyl (C=O) groups excluding carboxylic acids is 4. The zero-order chi connectivity index (χ0) is 15.1. The number of benzene rings is 1. The van der Waals surface area contributed by atoms with E-state index in [1.807, 2.05) is 0 Å². The summed E-state index contributed by atoms with van der Waals surface area (Å²) in [4.78, 5) is 48.6. The van der Waals surface area contributed by atoms with Gasteiger partial charge in [0.2, 0.25) is 11.8 Å². The van der Waals surface area contributed by atoms with Gasteiger partial charge in [0, 0.05) is 6.42 Å². The van der Waals surface area contributed by atoms with Crippen molar-refractivity contribution in [3.8, 4) is 0 Å². The molecule has 2 aliphatic heterocycles. The molecule has 1 aromatic rings. The van der Waals surface area contributed by atoms with Crippen molar-refractivity contribution in [3.05, 3.63) is 29.3 Å². The minimum atomic E-state index is -1.01. The van der Waals surface area contributed by atoms with Crippen LogP contribution in [0.2, 0.25) is 0 Å². The van der Waals surface area contributed by atoms with E-state index >= 15 is 0 Å². The summed E-state index contributed by atoms with van der Waals surface area (Å²) in [6.07, 6.45) is 0.170. The Labute approximate surface area is 118 Å². The first-order valence-electron chi connectivity index (χ1n) is 6.26. The topological polar surface area (TPSA) is 120 Å². The van der Waals surface area contributed by atoms with Crippen LogP contribution in [0.4, 0.5) is 5.69 Å². The molecule has 21 heavy (non-hydrogen) atoms. The number of hydrogen-bond acceptors (Lipinski definition) is 6. The van der Waals surface area contributed by atoms with Gasteiger partial charge >= 0.3 is 0 Å². The molecule has 1 aromatic carbocycles. The molecular formula is C13H10N4O4. The summed E-state index contributed by atoms with van der Waals surface area (Å²) in [5, 5.41) is 5.35. The fourth-order valence-corrected chi connectivity index (χ4v) is 2.59. The lowest BCUT2D eigenvalue weighted by molar-refractivity contribution is -0.136. The number of rotatable bonds is 2. The molecule has 106 valence electrons. The summed E-state index contributed by atoms with van der Waals surface area (Å²) < 4.78 is 0. The lowest BCUT2D eigenvalue weighted by Crippen LogP contribution is -2.54. The second kappa shape index (κ2) is 4.58. The number of nitrogens with zero attached hydrogens (tertiary/aromatic N) is 2. The molecular weight excluding hydrogens is 276 g/mol. The van der Waals surface area contributed by atoms with Crippen LogP contribution >= 0.6 is 0 Å². The fraction of sp³-hybridized carbons (Fsp3) is 0.231. The Balaban J connectivity index is 2.02. The lowest BCUT2D eigenvalue weighted by Gasteiger charge is -2.27. The van der Waals surface area contributed by atoms with Crippen molar-refractivity contribution in [2.75, 3.05) is 0 Å². The molecule has 0 radical (unpaired) electrons. The van der Waals surface area contributed by atoms with Crippen LogP contribution in [-0.4, -0.2) is 34.6 Å². The van der Waals surface area contributed by atoms with Crippen molar-refractivity contribution in [1.29, 1.82) is 5.53 Å².